The Hall–Kier alpha value is -1.05. The zero-order valence-corrected chi connectivity index (χ0v) is 14.3. The Kier molecular flexibility index (Phi) is 4.22. The van der Waals surface area contributed by atoms with Gasteiger partial charge in [-0.3, -0.25) is 4.79 Å². The van der Waals surface area contributed by atoms with Crippen molar-refractivity contribution in [2.24, 2.45) is 0 Å². The van der Waals surface area contributed by atoms with Crippen LogP contribution in [0.4, 0.5) is 5.69 Å². The molecule has 1 fully saturated rings. The summed E-state index contributed by atoms with van der Waals surface area (Å²) >= 11 is 1.43. The Balaban J connectivity index is 1.99. The fourth-order valence-corrected chi connectivity index (χ4v) is 5.91. The van der Waals surface area contributed by atoms with Crippen molar-refractivity contribution in [3.8, 4) is 0 Å². The summed E-state index contributed by atoms with van der Waals surface area (Å²) in [5, 5.41) is 2.75. The van der Waals surface area contributed by atoms with Gasteiger partial charge in [0.05, 0.1) is 16.3 Å². The van der Waals surface area contributed by atoms with Crippen molar-refractivity contribution in [3.05, 3.63) is 18.2 Å². The number of benzene rings is 1. The van der Waals surface area contributed by atoms with Crippen molar-refractivity contribution in [2.75, 3.05) is 11.1 Å². The number of fused-ring (bicyclic) bond motifs is 1. The SMILES string of the molecule is CC1CCCC(C)N1S(=O)(=O)c1ccc2c(c1)NC(=O)CS2. The van der Waals surface area contributed by atoms with Crippen LogP contribution in [0.25, 0.3) is 0 Å². The molecule has 0 aromatic heterocycles. The molecule has 0 bridgehead atoms. The van der Waals surface area contributed by atoms with E-state index in [1.165, 1.54) is 11.8 Å². The van der Waals surface area contributed by atoms with Gasteiger partial charge in [0, 0.05) is 17.0 Å². The third-order valence-corrected chi connectivity index (χ3v) is 7.47. The van der Waals surface area contributed by atoms with Gasteiger partial charge in [0.2, 0.25) is 15.9 Å². The van der Waals surface area contributed by atoms with Gasteiger partial charge in [-0.15, -0.1) is 11.8 Å². The Labute approximate surface area is 135 Å². The first-order valence-corrected chi connectivity index (χ1v) is 9.92. The minimum atomic E-state index is -3.54. The lowest BCUT2D eigenvalue weighted by atomic mass is 10.0. The molecule has 0 spiro atoms. The highest BCUT2D eigenvalue weighted by Crippen LogP contribution is 2.35. The van der Waals surface area contributed by atoms with Gasteiger partial charge in [0.25, 0.3) is 0 Å². The largest absolute Gasteiger partial charge is 0.324 e. The second-order valence-electron chi connectivity index (χ2n) is 5.96. The average Bonchev–Trinajstić information content (AvgIpc) is 2.46. The van der Waals surface area contributed by atoms with E-state index < -0.39 is 10.0 Å². The highest BCUT2D eigenvalue weighted by Gasteiger charge is 2.36. The number of amides is 1. The molecule has 2 aliphatic heterocycles. The molecular weight excluding hydrogens is 320 g/mol. The molecule has 22 heavy (non-hydrogen) atoms. The number of sulfonamides is 1. The summed E-state index contributed by atoms with van der Waals surface area (Å²) in [5.74, 6) is 0.283. The van der Waals surface area contributed by atoms with Crippen LogP contribution in [0.3, 0.4) is 0 Å². The van der Waals surface area contributed by atoms with E-state index in [9.17, 15) is 13.2 Å². The molecule has 1 aromatic rings. The maximum atomic E-state index is 13.0. The minimum absolute atomic E-state index is 0.00810. The van der Waals surface area contributed by atoms with Gasteiger partial charge in [-0.1, -0.05) is 6.42 Å². The normalized spacial score (nSPS) is 26.4. The lowest BCUT2D eigenvalue weighted by Crippen LogP contribution is -2.47. The second-order valence-corrected chi connectivity index (χ2v) is 8.82. The fraction of sp³-hybridized carbons (Fsp3) is 0.533. The van der Waals surface area contributed by atoms with E-state index in [4.69, 9.17) is 0 Å². The number of thioether (sulfide) groups is 1. The summed E-state index contributed by atoms with van der Waals surface area (Å²) < 4.78 is 27.6. The summed E-state index contributed by atoms with van der Waals surface area (Å²) in [6, 6.07) is 5.03. The standard InChI is InChI=1S/C15H20N2O3S2/c1-10-4-3-5-11(2)17(10)22(19,20)12-6-7-14-13(8-12)16-15(18)9-21-14/h6-8,10-11H,3-5,9H2,1-2H3,(H,16,18). The molecule has 0 aliphatic carbocycles. The predicted molar refractivity (Wildman–Crippen MR) is 87.6 cm³/mol. The molecule has 1 saturated heterocycles. The molecule has 0 saturated carbocycles. The Bertz CT molecular complexity index is 693. The monoisotopic (exact) mass is 340 g/mol. The summed E-state index contributed by atoms with van der Waals surface area (Å²) in [7, 11) is -3.54. The molecule has 1 N–H and O–H groups in total. The molecule has 7 heteroatoms. The maximum absolute atomic E-state index is 13.0. The van der Waals surface area contributed by atoms with Crippen molar-refractivity contribution in [3.63, 3.8) is 0 Å². The third-order valence-electron chi connectivity index (χ3n) is 4.27. The summed E-state index contributed by atoms with van der Waals surface area (Å²) in [6.07, 6.45) is 2.84. The number of nitrogens with zero attached hydrogens (tertiary/aromatic N) is 1. The molecule has 0 radical (unpaired) electrons. The van der Waals surface area contributed by atoms with Gasteiger partial charge >= 0.3 is 0 Å². The zero-order valence-electron chi connectivity index (χ0n) is 12.7. The van der Waals surface area contributed by atoms with Gasteiger partial charge in [-0.25, -0.2) is 8.42 Å². The number of piperidine rings is 1. The van der Waals surface area contributed by atoms with E-state index in [2.05, 4.69) is 5.32 Å². The van der Waals surface area contributed by atoms with E-state index in [0.29, 0.717) is 11.4 Å². The van der Waals surface area contributed by atoms with Crippen LogP contribution in [0.1, 0.15) is 33.1 Å². The summed E-state index contributed by atoms with van der Waals surface area (Å²) in [5.41, 5.74) is 0.597. The quantitative estimate of drug-likeness (QED) is 0.899. The molecule has 1 amide bonds. The molecule has 2 unspecified atom stereocenters. The van der Waals surface area contributed by atoms with Crippen LogP contribution in [0.5, 0.6) is 0 Å². The van der Waals surface area contributed by atoms with E-state index in [0.717, 1.165) is 24.2 Å². The van der Waals surface area contributed by atoms with Gasteiger partial charge in [0.15, 0.2) is 0 Å². The Morgan fingerprint density at radius 2 is 1.91 bits per heavy atom. The topological polar surface area (TPSA) is 66.5 Å². The van der Waals surface area contributed by atoms with E-state index in [1.54, 1.807) is 22.5 Å². The molecule has 3 rings (SSSR count). The molecule has 2 heterocycles. The van der Waals surface area contributed by atoms with Crippen LogP contribution in [0.2, 0.25) is 0 Å². The molecule has 1 aromatic carbocycles. The lowest BCUT2D eigenvalue weighted by Gasteiger charge is -2.37. The first kappa shape index (κ1) is 15.8. The number of carbonyl (C=O) groups excluding carboxylic acids is 1. The van der Waals surface area contributed by atoms with E-state index >= 15 is 0 Å². The fourth-order valence-electron chi connectivity index (χ4n) is 3.22. The number of nitrogens with one attached hydrogen (secondary N) is 1. The van der Waals surface area contributed by atoms with E-state index in [1.807, 2.05) is 13.8 Å². The maximum Gasteiger partial charge on any atom is 0.243 e. The Morgan fingerprint density at radius 1 is 1.23 bits per heavy atom. The van der Waals surface area contributed by atoms with Crippen LogP contribution in [0, 0.1) is 0 Å². The van der Waals surface area contributed by atoms with Crippen molar-refractivity contribution in [2.45, 2.75) is 55.0 Å². The van der Waals surface area contributed by atoms with Crippen molar-refractivity contribution in [1.29, 1.82) is 0 Å². The minimum Gasteiger partial charge on any atom is -0.324 e. The zero-order chi connectivity index (χ0) is 15.9. The number of hydrogen-bond acceptors (Lipinski definition) is 4. The number of hydrogen-bond donors (Lipinski definition) is 1. The van der Waals surface area contributed by atoms with Crippen LogP contribution in [-0.2, 0) is 14.8 Å². The highest BCUT2D eigenvalue weighted by atomic mass is 32.2. The van der Waals surface area contributed by atoms with Gasteiger partial charge in [-0.05, 0) is 44.9 Å². The number of rotatable bonds is 2. The third kappa shape index (κ3) is 2.77. The van der Waals surface area contributed by atoms with Crippen LogP contribution < -0.4 is 5.32 Å². The molecule has 120 valence electrons. The van der Waals surface area contributed by atoms with Crippen molar-refractivity contribution in [1.82, 2.24) is 4.31 Å². The number of carbonyl (C=O) groups is 1. The lowest BCUT2D eigenvalue weighted by molar-refractivity contribution is -0.113. The average molecular weight is 340 g/mol. The highest BCUT2D eigenvalue weighted by molar-refractivity contribution is 8.00. The molecular formula is C15H20N2O3S2. The Morgan fingerprint density at radius 3 is 2.59 bits per heavy atom. The van der Waals surface area contributed by atoms with Crippen LogP contribution >= 0.6 is 11.8 Å². The molecule has 2 aliphatic rings. The summed E-state index contributed by atoms with van der Waals surface area (Å²) in [4.78, 5) is 12.7. The summed E-state index contributed by atoms with van der Waals surface area (Å²) in [6.45, 7) is 3.92. The van der Waals surface area contributed by atoms with Crippen molar-refractivity contribution < 1.29 is 13.2 Å². The van der Waals surface area contributed by atoms with Crippen molar-refractivity contribution >= 4 is 33.4 Å². The first-order valence-electron chi connectivity index (χ1n) is 7.50. The van der Waals surface area contributed by atoms with E-state index in [-0.39, 0.29) is 22.9 Å². The van der Waals surface area contributed by atoms with Gasteiger partial charge < -0.3 is 5.32 Å². The van der Waals surface area contributed by atoms with Crippen LogP contribution in [0.15, 0.2) is 28.0 Å². The smallest absolute Gasteiger partial charge is 0.243 e. The predicted octanol–water partition coefficient (Wildman–Crippen LogP) is 2.68. The first-order chi connectivity index (χ1) is 10.4. The van der Waals surface area contributed by atoms with Crippen LogP contribution in [-0.4, -0.2) is 36.5 Å². The molecule has 2 atom stereocenters. The van der Waals surface area contributed by atoms with Gasteiger partial charge in [-0.2, -0.15) is 4.31 Å². The number of anilines is 1. The molecule has 5 nitrogen and oxygen atoms in total. The second kappa shape index (κ2) is 5.86. The van der Waals surface area contributed by atoms with Gasteiger partial charge in [0.1, 0.15) is 0 Å².